The lowest BCUT2D eigenvalue weighted by Crippen LogP contribution is -2.49. The summed E-state index contributed by atoms with van der Waals surface area (Å²) in [7, 11) is -5.51. The molecule has 1 atom stereocenters. The van der Waals surface area contributed by atoms with E-state index in [1.54, 1.807) is 19.2 Å². The van der Waals surface area contributed by atoms with Gasteiger partial charge < -0.3 is 14.6 Å². The molecule has 7 nitrogen and oxygen atoms in total. The SMILES string of the molecule is Cc1cccc2c1CN(S(=O)(=O)C(F)(F)F)C[C@@H](COC1CCCC1)N2Cc1cnc[nH]1. The van der Waals surface area contributed by atoms with Crippen LogP contribution in [0.15, 0.2) is 30.7 Å². The first-order valence-corrected chi connectivity index (χ1v) is 12.1. The Morgan fingerprint density at radius 2 is 2.00 bits per heavy atom. The van der Waals surface area contributed by atoms with E-state index in [0.29, 0.717) is 22.1 Å². The van der Waals surface area contributed by atoms with E-state index in [1.165, 1.54) is 6.33 Å². The van der Waals surface area contributed by atoms with Crippen molar-refractivity contribution in [1.82, 2.24) is 14.3 Å². The van der Waals surface area contributed by atoms with Gasteiger partial charge in [-0.25, -0.2) is 13.4 Å². The first-order chi connectivity index (χ1) is 15.2. The molecule has 1 aliphatic heterocycles. The number of imidazole rings is 1. The van der Waals surface area contributed by atoms with Gasteiger partial charge in [0.2, 0.25) is 0 Å². The van der Waals surface area contributed by atoms with Crippen LogP contribution in [0, 0.1) is 6.92 Å². The molecule has 1 aromatic carbocycles. The zero-order valence-electron chi connectivity index (χ0n) is 17.8. The summed E-state index contributed by atoms with van der Waals surface area (Å²) in [6.45, 7) is 1.59. The molecule has 2 heterocycles. The van der Waals surface area contributed by atoms with Gasteiger partial charge in [-0.1, -0.05) is 25.0 Å². The maximum absolute atomic E-state index is 13.5. The van der Waals surface area contributed by atoms with Crippen molar-refractivity contribution in [3.8, 4) is 0 Å². The molecule has 1 fully saturated rings. The molecular weight excluding hydrogens is 445 g/mol. The summed E-state index contributed by atoms with van der Waals surface area (Å²) in [5.41, 5.74) is -2.60. The number of hydrogen-bond acceptors (Lipinski definition) is 5. The Kier molecular flexibility index (Phi) is 6.51. The largest absolute Gasteiger partial charge is 0.511 e. The van der Waals surface area contributed by atoms with Gasteiger partial charge in [-0.15, -0.1) is 0 Å². The fourth-order valence-electron chi connectivity index (χ4n) is 4.48. The van der Waals surface area contributed by atoms with Crippen molar-refractivity contribution in [2.45, 2.75) is 63.4 Å². The lowest BCUT2D eigenvalue weighted by Gasteiger charge is -2.34. The highest BCUT2D eigenvalue weighted by Gasteiger charge is 2.51. The first kappa shape index (κ1) is 23.1. The standard InChI is InChI=1S/C21H27F3N4O3S/c1-15-5-4-8-20-19(15)12-27(32(29,30)21(22,23)24)11-17(13-31-18-6-2-3-7-18)28(20)10-16-9-25-14-26-16/h4-5,8-9,14,17-18H,2-3,6-7,10-13H2,1H3,(H,25,26)/t17-/m0/s1. The smallest absolute Gasteiger partial charge is 0.376 e. The fraction of sp³-hybridized carbons (Fsp3) is 0.571. The Balaban J connectivity index is 1.74. The molecule has 0 amide bonds. The molecule has 32 heavy (non-hydrogen) atoms. The second kappa shape index (κ2) is 9.03. The van der Waals surface area contributed by atoms with E-state index < -0.39 is 21.6 Å². The number of nitrogens with one attached hydrogen (secondary N) is 1. The van der Waals surface area contributed by atoms with Gasteiger partial charge in [0, 0.05) is 25.0 Å². The number of benzene rings is 1. The third-order valence-corrected chi connectivity index (χ3v) is 7.78. The van der Waals surface area contributed by atoms with Crippen LogP contribution in [0.4, 0.5) is 18.9 Å². The Hall–Kier alpha value is -2.11. The number of alkyl halides is 3. The number of aromatic amines is 1. The molecule has 1 saturated carbocycles. The minimum atomic E-state index is -5.51. The molecule has 1 N–H and O–H groups in total. The Morgan fingerprint density at radius 3 is 2.66 bits per heavy atom. The van der Waals surface area contributed by atoms with Gasteiger partial charge >= 0.3 is 15.5 Å². The highest BCUT2D eigenvalue weighted by molar-refractivity contribution is 7.89. The molecule has 2 aromatic rings. The van der Waals surface area contributed by atoms with Crippen LogP contribution in [-0.4, -0.2) is 53.5 Å². The normalized spacial score (nSPS) is 21.0. The van der Waals surface area contributed by atoms with E-state index >= 15 is 0 Å². The van der Waals surface area contributed by atoms with Crippen LogP contribution >= 0.6 is 0 Å². The van der Waals surface area contributed by atoms with E-state index in [1.807, 2.05) is 17.0 Å². The van der Waals surface area contributed by atoms with E-state index in [9.17, 15) is 21.6 Å². The number of sulfonamides is 1. The lowest BCUT2D eigenvalue weighted by molar-refractivity contribution is -0.0495. The summed E-state index contributed by atoms with van der Waals surface area (Å²) in [5.74, 6) is 0. The number of ether oxygens (including phenoxy) is 1. The molecule has 1 aromatic heterocycles. The van der Waals surface area contributed by atoms with Gasteiger partial charge in [-0.3, -0.25) is 0 Å². The van der Waals surface area contributed by atoms with Crippen LogP contribution in [0.2, 0.25) is 0 Å². The first-order valence-electron chi connectivity index (χ1n) is 10.7. The molecule has 4 rings (SSSR count). The van der Waals surface area contributed by atoms with Crippen molar-refractivity contribution in [2.75, 3.05) is 18.1 Å². The van der Waals surface area contributed by atoms with Crippen molar-refractivity contribution < 1.29 is 26.3 Å². The summed E-state index contributed by atoms with van der Waals surface area (Å²) in [4.78, 5) is 9.01. The number of aryl methyl sites for hydroxylation is 1. The quantitative estimate of drug-likeness (QED) is 0.694. The van der Waals surface area contributed by atoms with Gasteiger partial charge in [0.05, 0.1) is 37.3 Å². The molecule has 0 spiro atoms. The van der Waals surface area contributed by atoms with E-state index in [4.69, 9.17) is 4.74 Å². The maximum atomic E-state index is 13.5. The van der Waals surface area contributed by atoms with Crippen LogP contribution in [0.1, 0.15) is 42.5 Å². The number of anilines is 1. The summed E-state index contributed by atoms with van der Waals surface area (Å²) >= 11 is 0. The molecular formula is C21H27F3N4O3S. The van der Waals surface area contributed by atoms with Crippen molar-refractivity contribution in [2.24, 2.45) is 0 Å². The number of nitrogens with zero attached hydrogens (tertiary/aromatic N) is 3. The molecule has 2 aliphatic rings. The molecule has 0 saturated heterocycles. The molecule has 0 radical (unpaired) electrons. The summed E-state index contributed by atoms with van der Waals surface area (Å²) in [6, 6.07) is 4.84. The molecule has 1 aliphatic carbocycles. The van der Waals surface area contributed by atoms with E-state index in [0.717, 1.165) is 36.9 Å². The van der Waals surface area contributed by atoms with Crippen LogP contribution in [0.5, 0.6) is 0 Å². The second-order valence-electron chi connectivity index (χ2n) is 8.41. The van der Waals surface area contributed by atoms with Crippen LogP contribution < -0.4 is 4.90 Å². The van der Waals surface area contributed by atoms with Gasteiger partial charge in [0.15, 0.2) is 0 Å². The second-order valence-corrected chi connectivity index (χ2v) is 10.3. The maximum Gasteiger partial charge on any atom is 0.511 e. The zero-order chi connectivity index (χ0) is 22.9. The van der Waals surface area contributed by atoms with E-state index in [-0.39, 0.29) is 25.8 Å². The Bertz CT molecular complexity index is 1020. The number of aromatic nitrogens is 2. The average Bonchev–Trinajstić information content (AvgIpc) is 3.40. The van der Waals surface area contributed by atoms with E-state index in [2.05, 4.69) is 9.97 Å². The monoisotopic (exact) mass is 472 g/mol. The van der Waals surface area contributed by atoms with Gasteiger partial charge in [-0.2, -0.15) is 17.5 Å². The van der Waals surface area contributed by atoms with Gasteiger partial charge in [0.1, 0.15) is 0 Å². The number of rotatable bonds is 6. The summed E-state index contributed by atoms with van der Waals surface area (Å²) < 4.78 is 72.0. The third kappa shape index (κ3) is 4.65. The lowest BCUT2D eigenvalue weighted by atomic mass is 10.1. The van der Waals surface area contributed by atoms with Crippen LogP contribution in [0.3, 0.4) is 0 Å². The minimum Gasteiger partial charge on any atom is -0.376 e. The number of fused-ring (bicyclic) bond motifs is 1. The van der Waals surface area contributed by atoms with Gasteiger partial charge in [0.25, 0.3) is 0 Å². The topological polar surface area (TPSA) is 78.5 Å². The van der Waals surface area contributed by atoms with Crippen LogP contribution in [-0.2, 0) is 27.8 Å². The third-order valence-electron chi connectivity index (χ3n) is 6.24. The average molecular weight is 473 g/mol. The molecule has 0 bridgehead atoms. The number of hydrogen-bond donors (Lipinski definition) is 1. The van der Waals surface area contributed by atoms with Crippen molar-refractivity contribution in [1.29, 1.82) is 0 Å². The predicted molar refractivity (Wildman–Crippen MR) is 113 cm³/mol. The summed E-state index contributed by atoms with van der Waals surface area (Å²) in [6.07, 6.45) is 7.18. The van der Waals surface area contributed by atoms with Crippen molar-refractivity contribution in [3.05, 3.63) is 47.5 Å². The Labute approximate surface area is 185 Å². The highest BCUT2D eigenvalue weighted by Crippen LogP contribution is 2.36. The highest BCUT2D eigenvalue weighted by atomic mass is 32.2. The van der Waals surface area contributed by atoms with Crippen molar-refractivity contribution in [3.63, 3.8) is 0 Å². The van der Waals surface area contributed by atoms with Crippen molar-refractivity contribution >= 4 is 15.7 Å². The number of H-pyrrole nitrogens is 1. The molecule has 176 valence electrons. The minimum absolute atomic E-state index is 0.0527. The summed E-state index contributed by atoms with van der Waals surface area (Å²) in [5, 5.41) is 0. The molecule has 0 unspecified atom stereocenters. The predicted octanol–water partition coefficient (Wildman–Crippen LogP) is 3.72. The zero-order valence-corrected chi connectivity index (χ0v) is 18.6. The Morgan fingerprint density at radius 1 is 1.25 bits per heavy atom. The van der Waals surface area contributed by atoms with Crippen LogP contribution in [0.25, 0.3) is 0 Å². The molecule has 11 heteroatoms. The number of halogens is 3. The van der Waals surface area contributed by atoms with Gasteiger partial charge in [-0.05, 0) is 37.0 Å². The fourth-order valence-corrected chi connectivity index (χ4v) is 5.44.